The first kappa shape index (κ1) is 16.9. The van der Waals surface area contributed by atoms with Gasteiger partial charge in [-0.05, 0) is 18.6 Å². The number of benzene rings is 1. The van der Waals surface area contributed by atoms with Gasteiger partial charge >= 0.3 is 0 Å². The lowest BCUT2D eigenvalue weighted by atomic mass is 9.97. The maximum absolute atomic E-state index is 12.5. The van der Waals surface area contributed by atoms with E-state index in [9.17, 15) is 9.90 Å². The van der Waals surface area contributed by atoms with E-state index in [0.29, 0.717) is 34.6 Å². The molecule has 1 fully saturated rings. The second kappa shape index (κ2) is 6.86. The van der Waals surface area contributed by atoms with E-state index in [4.69, 9.17) is 23.2 Å². The van der Waals surface area contributed by atoms with E-state index in [1.807, 2.05) is 0 Å². The summed E-state index contributed by atoms with van der Waals surface area (Å²) in [7, 11) is 1.77. The zero-order valence-corrected chi connectivity index (χ0v) is 14.5. The molecule has 24 heavy (non-hydrogen) atoms. The van der Waals surface area contributed by atoms with Crippen molar-refractivity contribution in [2.45, 2.75) is 12.3 Å². The Hall–Kier alpha value is -1.99. The highest BCUT2D eigenvalue weighted by Gasteiger charge is 2.31. The van der Waals surface area contributed by atoms with Crippen molar-refractivity contribution in [3.63, 3.8) is 0 Å². The van der Waals surface area contributed by atoms with Crippen LogP contribution in [0, 0.1) is 0 Å². The van der Waals surface area contributed by atoms with Gasteiger partial charge in [0, 0.05) is 31.6 Å². The number of carbonyl (C=O) groups excluding carboxylic acids is 1. The number of rotatable bonds is 4. The number of aromatic hydroxyl groups is 1. The SMILES string of the molecule is CN(CC(=O)N1CC[C@H](c2c(O)ccc(Cl)c2Cl)C1)c1ncn[nH]1. The highest BCUT2D eigenvalue weighted by molar-refractivity contribution is 6.42. The number of likely N-dealkylation sites (tertiary alicyclic amines) is 1. The Morgan fingerprint density at radius 1 is 1.50 bits per heavy atom. The van der Waals surface area contributed by atoms with E-state index in [2.05, 4.69) is 15.2 Å². The second-order valence-corrected chi connectivity index (χ2v) is 6.57. The van der Waals surface area contributed by atoms with E-state index in [1.54, 1.807) is 22.9 Å². The highest BCUT2D eigenvalue weighted by atomic mass is 35.5. The minimum absolute atomic E-state index is 0.0194. The number of H-pyrrole nitrogens is 1. The van der Waals surface area contributed by atoms with Crippen molar-refractivity contribution in [1.82, 2.24) is 20.1 Å². The molecule has 1 aromatic heterocycles. The van der Waals surface area contributed by atoms with Crippen molar-refractivity contribution in [1.29, 1.82) is 0 Å². The normalized spacial score (nSPS) is 17.3. The molecule has 2 aromatic rings. The Kier molecular flexibility index (Phi) is 4.82. The average molecular weight is 370 g/mol. The minimum Gasteiger partial charge on any atom is -0.508 e. The number of likely N-dealkylation sites (N-methyl/N-ethyl adjacent to an activating group) is 1. The maximum Gasteiger partial charge on any atom is 0.242 e. The molecule has 0 saturated carbocycles. The Balaban J connectivity index is 1.67. The van der Waals surface area contributed by atoms with Crippen molar-refractivity contribution < 1.29 is 9.90 Å². The van der Waals surface area contributed by atoms with Crippen LogP contribution < -0.4 is 4.90 Å². The summed E-state index contributed by atoms with van der Waals surface area (Å²) in [6, 6.07) is 3.10. The fourth-order valence-corrected chi connectivity index (χ4v) is 3.41. The molecule has 7 nitrogen and oxygen atoms in total. The van der Waals surface area contributed by atoms with Gasteiger partial charge in [-0.15, -0.1) is 0 Å². The van der Waals surface area contributed by atoms with Crippen LogP contribution in [0.2, 0.25) is 10.0 Å². The van der Waals surface area contributed by atoms with Crippen LogP contribution in [0.25, 0.3) is 0 Å². The molecular formula is C15H17Cl2N5O2. The van der Waals surface area contributed by atoms with E-state index < -0.39 is 0 Å². The van der Waals surface area contributed by atoms with Crippen LogP contribution in [-0.2, 0) is 4.79 Å². The first-order chi connectivity index (χ1) is 11.5. The molecule has 0 bridgehead atoms. The molecule has 128 valence electrons. The molecule has 2 N–H and O–H groups in total. The number of hydrogen-bond acceptors (Lipinski definition) is 5. The third-order valence-corrected chi connectivity index (χ3v) is 5.01. The summed E-state index contributed by atoms with van der Waals surface area (Å²) in [5, 5.41) is 17.3. The van der Waals surface area contributed by atoms with Gasteiger partial charge in [-0.25, -0.2) is 5.10 Å². The number of halogens is 2. The predicted molar refractivity (Wildman–Crippen MR) is 91.7 cm³/mol. The number of phenolic OH excluding ortho intramolecular Hbond substituents is 1. The van der Waals surface area contributed by atoms with Crippen molar-refractivity contribution in [3.05, 3.63) is 34.1 Å². The van der Waals surface area contributed by atoms with Crippen LogP contribution in [0.4, 0.5) is 5.95 Å². The summed E-state index contributed by atoms with van der Waals surface area (Å²) < 4.78 is 0. The average Bonchev–Trinajstić information content (AvgIpc) is 3.23. The zero-order valence-electron chi connectivity index (χ0n) is 13.0. The number of nitrogens with zero attached hydrogens (tertiary/aromatic N) is 4. The summed E-state index contributed by atoms with van der Waals surface area (Å²) >= 11 is 12.3. The molecule has 0 unspecified atom stereocenters. The number of nitrogens with one attached hydrogen (secondary N) is 1. The molecule has 9 heteroatoms. The van der Waals surface area contributed by atoms with Gasteiger partial charge in [0.25, 0.3) is 0 Å². The fourth-order valence-electron chi connectivity index (χ4n) is 2.93. The number of amides is 1. The Morgan fingerprint density at radius 3 is 3.00 bits per heavy atom. The molecule has 1 aromatic carbocycles. The van der Waals surface area contributed by atoms with Crippen LogP contribution in [-0.4, -0.2) is 57.8 Å². The molecule has 1 aliphatic rings. The molecule has 1 amide bonds. The van der Waals surface area contributed by atoms with Crippen molar-refractivity contribution in [2.75, 3.05) is 31.6 Å². The summed E-state index contributed by atoms with van der Waals surface area (Å²) in [5.74, 6) is 0.599. The molecule has 1 saturated heterocycles. The molecule has 2 heterocycles. The topological polar surface area (TPSA) is 85.3 Å². The summed E-state index contributed by atoms with van der Waals surface area (Å²) in [4.78, 5) is 19.9. The lowest BCUT2D eigenvalue weighted by molar-refractivity contribution is -0.128. The summed E-state index contributed by atoms with van der Waals surface area (Å²) in [5.41, 5.74) is 0.614. The third-order valence-electron chi connectivity index (χ3n) is 4.20. The number of carbonyl (C=O) groups is 1. The van der Waals surface area contributed by atoms with Gasteiger partial charge in [-0.3, -0.25) is 4.79 Å². The Labute approximate surface area is 149 Å². The number of phenols is 1. The Bertz CT molecular complexity index is 738. The lowest BCUT2D eigenvalue weighted by Gasteiger charge is -2.21. The third kappa shape index (κ3) is 3.27. The molecule has 3 rings (SSSR count). The zero-order chi connectivity index (χ0) is 17.3. The number of aromatic nitrogens is 3. The molecular weight excluding hydrogens is 353 g/mol. The van der Waals surface area contributed by atoms with Gasteiger partial charge in [0.2, 0.25) is 11.9 Å². The monoisotopic (exact) mass is 369 g/mol. The summed E-state index contributed by atoms with van der Waals surface area (Å²) in [6.45, 7) is 1.30. The smallest absolute Gasteiger partial charge is 0.242 e. The molecule has 0 aliphatic carbocycles. The fraction of sp³-hybridized carbons (Fsp3) is 0.400. The highest BCUT2D eigenvalue weighted by Crippen LogP contribution is 2.41. The Morgan fingerprint density at radius 2 is 2.29 bits per heavy atom. The number of aromatic amines is 1. The van der Waals surface area contributed by atoms with E-state index in [0.717, 1.165) is 6.42 Å². The van der Waals surface area contributed by atoms with Crippen molar-refractivity contribution >= 4 is 35.1 Å². The number of anilines is 1. The molecule has 0 spiro atoms. The van der Waals surface area contributed by atoms with Crippen LogP contribution >= 0.6 is 23.2 Å². The van der Waals surface area contributed by atoms with Crippen molar-refractivity contribution in [3.8, 4) is 5.75 Å². The van der Waals surface area contributed by atoms with Crippen LogP contribution in [0.5, 0.6) is 5.75 Å². The van der Waals surface area contributed by atoms with Gasteiger partial charge in [0.05, 0.1) is 16.6 Å². The molecule has 1 aliphatic heterocycles. The quantitative estimate of drug-likeness (QED) is 0.863. The standard InChI is InChI=1S/C15H17Cl2N5O2/c1-21(15-18-8-19-20-15)7-12(24)22-5-4-9(6-22)13-11(23)3-2-10(16)14(13)17/h2-3,8-9,23H,4-7H2,1H3,(H,18,19,20)/t9-/m0/s1. The van der Waals surface area contributed by atoms with E-state index in [-0.39, 0.29) is 24.1 Å². The van der Waals surface area contributed by atoms with E-state index in [1.165, 1.54) is 12.4 Å². The van der Waals surface area contributed by atoms with Crippen molar-refractivity contribution in [2.24, 2.45) is 0 Å². The first-order valence-corrected chi connectivity index (χ1v) is 8.24. The van der Waals surface area contributed by atoms with Gasteiger partial charge in [0.15, 0.2) is 0 Å². The van der Waals surface area contributed by atoms with Crippen LogP contribution in [0.1, 0.15) is 17.9 Å². The van der Waals surface area contributed by atoms with Gasteiger partial charge in [0.1, 0.15) is 12.1 Å². The second-order valence-electron chi connectivity index (χ2n) is 5.78. The van der Waals surface area contributed by atoms with E-state index >= 15 is 0 Å². The maximum atomic E-state index is 12.5. The number of hydrogen-bond donors (Lipinski definition) is 2. The van der Waals surface area contributed by atoms with Crippen LogP contribution in [0.15, 0.2) is 18.5 Å². The van der Waals surface area contributed by atoms with Gasteiger partial charge in [-0.1, -0.05) is 23.2 Å². The van der Waals surface area contributed by atoms with Crippen LogP contribution in [0.3, 0.4) is 0 Å². The van der Waals surface area contributed by atoms with Gasteiger partial charge in [-0.2, -0.15) is 10.1 Å². The van der Waals surface area contributed by atoms with Gasteiger partial charge < -0.3 is 14.9 Å². The summed E-state index contributed by atoms with van der Waals surface area (Å²) in [6.07, 6.45) is 2.12. The predicted octanol–water partition coefficient (Wildman–Crippen LogP) is 2.27. The minimum atomic E-state index is -0.0317. The first-order valence-electron chi connectivity index (χ1n) is 7.48. The lowest BCUT2D eigenvalue weighted by Crippen LogP contribution is -2.38. The largest absolute Gasteiger partial charge is 0.508 e. The molecule has 0 radical (unpaired) electrons. The molecule has 1 atom stereocenters.